The van der Waals surface area contributed by atoms with Crippen molar-refractivity contribution in [2.24, 2.45) is 4.99 Å². The zero-order valence-corrected chi connectivity index (χ0v) is 13.4. The number of nitrogens with one attached hydrogen (secondary N) is 1. The second-order valence-electron chi connectivity index (χ2n) is 5.64. The Morgan fingerprint density at radius 2 is 2.05 bits per heavy atom. The number of aromatic nitrogens is 1. The number of aliphatic imine (C=N–C) groups is 1. The molecule has 0 fully saturated rings. The predicted molar refractivity (Wildman–Crippen MR) is 87.5 cm³/mol. The molecular weight excluding hydrogens is 300 g/mol. The van der Waals surface area contributed by atoms with Gasteiger partial charge < -0.3 is 9.72 Å². The standard InChI is InChI=1S/C16H16N2O3S/c1-16(2)13(15(20)21-3)18-14(22-16)12(19)10-8-17-11-7-5-4-6-9(10)11/h4-8,13,17H,1-3H3/t13-/m1/s1. The number of hydrogen-bond acceptors (Lipinski definition) is 5. The van der Waals surface area contributed by atoms with E-state index in [0.717, 1.165) is 10.9 Å². The number of ketones is 1. The van der Waals surface area contributed by atoms with E-state index >= 15 is 0 Å². The van der Waals surface area contributed by atoms with E-state index in [-0.39, 0.29) is 5.78 Å². The van der Waals surface area contributed by atoms with Gasteiger partial charge in [-0.1, -0.05) is 30.0 Å². The molecule has 1 aromatic carbocycles. The first kappa shape index (κ1) is 14.8. The average molecular weight is 316 g/mol. The number of fused-ring (bicyclic) bond motifs is 1. The monoisotopic (exact) mass is 316 g/mol. The van der Waals surface area contributed by atoms with Gasteiger partial charge in [-0.3, -0.25) is 9.79 Å². The van der Waals surface area contributed by atoms with Crippen LogP contribution in [0.15, 0.2) is 35.5 Å². The van der Waals surface area contributed by atoms with Crippen LogP contribution < -0.4 is 0 Å². The number of para-hydroxylation sites is 1. The van der Waals surface area contributed by atoms with E-state index in [0.29, 0.717) is 10.6 Å². The molecule has 0 aliphatic carbocycles. The smallest absolute Gasteiger partial charge is 0.332 e. The third-order valence-electron chi connectivity index (χ3n) is 3.72. The Balaban J connectivity index is 1.98. The summed E-state index contributed by atoms with van der Waals surface area (Å²) >= 11 is 1.32. The number of carbonyl (C=O) groups excluding carboxylic acids is 2. The molecule has 0 bridgehead atoms. The van der Waals surface area contributed by atoms with Crippen molar-refractivity contribution in [3.8, 4) is 0 Å². The van der Waals surface area contributed by atoms with E-state index in [9.17, 15) is 9.59 Å². The summed E-state index contributed by atoms with van der Waals surface area (Å²) in [6.45, 7) is 3.77. The molecule has 5 nitrogen and oxygen atoms in total. The topological polar surface area (TPSA) is 71.5 Å². The summed E-state index contributed by atoms with van der Waals surface area (Å²) in [7, 11) is 1.33. The lowest BCUT2D eigenvalue weighted by molar-refractivity contribution is -0.142. The highest BCUT2D eigenvalue weighted by molar-refractivity contribution is 8.17. The summed E-state index contributed by atoms with van der Waals surface area (Å²) in [6, 6.07) is 6.94. The van der Waals surface area contributed by atoms with Crippen molar-refractivity contribution in [3.63, 3.8) is 0 Å². The fourth-order valence-corrected chi connectivity index (χ4v) is 3.65. The van der Waals surface area contributed by atoms with E-state index in [1.165, 1.54) is 18.9 Å². The van der Waals surface area contributed by atoms with Gasteiger partial charge in [0.25, 0.3) is 0 Å². The van der Waals surface area contributed by atoms with E-state index in [2.05, 4.69) is 9.98 Å². The van der Waals surface area contributed by atoms with Gasteiger partial charge in [-0.15, -0.1) is 0 Å². The lowest BCUT2D eigenvalue weighted by atomic mass is 10.0. The van der Waals surface area contributed by atoms with Gasteiger partial charge in [0.15, 0.2) is 6.04 Å². The van der Waals surface area contributed by atoms with Crippen molar-refractivity contribution < 1.29 is 14.3 Å². The number of benzene rings is 1. The maximum atomic E-state index is 12.7. The van der Waals surface area contributed by atoms with Gasteiger partial charge in [0, 0.05) is 21.8 Å². The number of aromatic amines is 1. The van der Waals surface area contributed by atoms with E-state index in [1.807, 2.05) is 38.1 Å². The summed E-state index contributed by atoms with van der Waals surface area (Å²) < 4.78 is 4.29. The Labute approximate surface area is 132 Å². The van der Waals surface area contributed by atoms with Gasteiger partial charge in [-0.2, -0.15) is 0 Å². The van der Waals surface area contributed by atoms with Gasteiger partial charge in [-0.05, 0) is 19.9 Å². The second-order valence-corrected chi connectivity index (χ2v) is 7.29. The second kappa shape index (κ2) is 5.28. The summed E-state index contributed by atoms with van der Waals surface area (Å²) in [5, 5.41) is 1.21. The number of Topliss-reactive ketones (excluding diaryl/α,β-unsaturated/α-hetero) is 1. The molecule has 1 aromatic heterocycles. The van der Waals surface area contributed by atoms with Crippen LogP contribution in [0.4, 0.5) is 0 Å². The first-order chi connectivity index (χ1) is 10.4. The first-order valence-corrected chi connectivity index (χ1v) is 7.71. The third-order valence-corrected chi connectivity index (χ3v) is 4.95. The highest BCUT2D eigenvalue weighted by Gasteiger charge is 2.45. The molecule has 114 valence electrons. The van der Waals surface area contributed by atoms with Gasteiger partial charge in [0.05, 0.1) is 12.7 Å². The molecule has 0 amide bonds. The molecule has 0 saturated heterocycles. The van der Waals surface area contributed by atoms with Crippen LogP contribution in [-0.2, 0) is 9.53 Å². The summed E-state index contributed by atoms with van der Waals surface area (Å²) in [4.78, 5) is 32.0. The average Bonchev–Trinajstić information content (AvgIpc) is 3.06. The molecule has 1 N–H and O–H groups in total. The van der Waals surface area contributed by atoms with Crippen LogP contribution in [0.1, 0.15) is 24.2 Å². The van der Waals surface area contributed by atoms with Crippen LogP contribution in [-0.4, -0.2) is 39.7 Å². The molecule has 2 aromatic rings. The van der Waals surface area contributed by atoms with Gasteiger partial charge in [-0.25, -0.2) is 4.79 Å². The number of carbonyl (C=O) groups is 2. The van der Waals surface area contributed by atoms with Gasteiger partial charge in [0.1, 0.15) is 5.04 Å². The molecule has 3 rings (SSSR count). The lowest BCUT2D eigenvalue weighted by Crippen LogP contribution is -2.35. The molecule has 6 heteroatoms. The normalized spacial score (nSPS) is 20.0. The number of rotatable bonds is 3. The Hall–Kier alpha value is -2.08. The van der Waals surface area contributed by atoms with Crippen molar-refractivity contribution in [2.75, 3.05) is 7.11 Å². The molecule has 1 atom stereocenters. The highest BCUT2D eigenvalue weighted by Crippen LogP contribution is 2.39. The zero-order valence-electron chi connectivity index (χ0n) is 12.5. The molecule has 1 aliphatic rings. The Kier molecular flexibility index (Phi) is 3.56. The number of ether oxygens (including phenoxy) is 1. The van der Waals surface area contributed by atoms with Crippen molar-refractivity contribution in [2.45, 2.75) is 24.6 Å². The number of thioether (sulfide) groups is 1. The number of H-pyrrole nitrogens is 1. The quantitative estimate of drug-likeness (QED) is 0.698. The Morgan fingerprint density at radius 3 is 2.77 bits per heavy atom. The summed E-state index contributed by atoms with van der Waals surface area (Å²) in [5.41, 5.74) is 1.47. The lowest BCUT2D eigenvalue weighted by Gasteiger charge is -2.21. The molecule has 2 heterocycles. The molecule has 0 radical (unpaired) electrons. The minimum Gasteiger partial charge on any atom is -0.467 e. The SMILES string of the molecule is COC(=O)[C@H]1N=C(C(=O)c2c[nH]c3ccccc23)SC1(C)C. The van der Waals surface area contributed by atoms with Gasteiger partial charge >= 0.3 is 5.97 Å². The third kappa shape index (κ3) is 2.33. The largest absolute Gasteiger partial charge is 0.467 e. The number of esters is 1. The van der Waals surface area contributed by atoms with Crippen LogP contribution in [0.25, 0.3) is 10.9 Å². The number of hydrogen-bond donors (Lipinski definition) is 1. The summed E-state index contributed by atoms with van der Waals surface area (Å²) in [5.74, 6) is -0.582. The number of methoxy groups -OCH3 is 1. The fourth-order valence-electron chi connectivity index (χ4n) is 2.53. The van der Waals surface area contributed by atoms with Crippen molar-refractivity contribution in [3.05, 3.63) is 36.0 Å². The number of nitrogens with zero attached hydrogens (tertiary/aromatic N) is 1. The first-order valence-electron chi connectivity index (χ1n) is 6.89. The minimum absolute atomic E-state index is 0.165. The molecule has 0 saturated carbocycles. The molecular formula is C16H16N2O3S. The maximum Gasteiger partial charge on any atom is 0.332 e. The van der Waals surface area contributed by atoms with Crippen LogP contribution in [0.3, 0.4) is 0 Å². The summed E-state index contributed by atoms with van der Waals surface area (Å²) in [6.07, 6.45) is 1.69. The Morgan fingerprint density at radius 1 is 1.32 bits per heavy atom. The van der Waals surface area contributed by atoms with Crippen LogP contribution in [0.2, 0.25) is 0 Å². The minimum atomic E-state index is -0.661. The fraction of sp³-hybridized carbons (Fsp3) is 0.312. The van der Waals surface area contributed by atoms with Crippen LogP contribution >= 0.6 is 11.8 Å². The molecule has 22 heavy (non-hydrogen) atoms. The zero-order chi connectivity index (χ0) is 15.9. The van der Waals surface area contributed by atoms with Gasteiger partial charge in [0.2, 0.25) is 5.78 Å². The Bertz CT molecular complexity index is 792. The van der Waals surface area contributed by atoms with E-state index in [4.69, 9.17) is 4.74 Å². The van der Waals surface area contributed by atoms with Crippen molar-refractivity contribution in [1.29, 1.82) is 0 Å². The van der Waals surface area contributed by atoms with E-state index in [1.54, 1.807) is 6.20 Å². The van der Waals surface area contributed by atoms with Crippen LogP contribution in [0.5, 0.6) is 0 Å². The molecule has 0 spiro atoms. The van der Waals surface area contributed by atoms with Crippen molar-refractivity contribution >= 4 is 39.5 Å². The van der Waals surface area contributed by atoms with E-state index < -0.39 is 16.8 Å². The highest BCUT2D eigenvalue weighted by atomic mass is 32.2. The predicted octanol–water partition coefficient (Wildman–Crippen LogP) is 2.82. The molecule has 1 aliphatic heterocycles. The maximum absolute atomic E-state index is 12.7. The molecule has 0 unspecified atom stereocenters. The van der Waals surface area contributed by atoms with Crippen molar-refractivity contribution in [1.82, 2.24) is 4.98 Å². The van der Waals surface area contributed by atoms with Crippen LogP contribution in [0, 0.1) is 0 Å².